The fourth-order valence-electron chi connectivity index (χ4n) is 2.99. The number of hydrogen-bond donors (Lipinski definition) is 1. The van der Waals surface area contributed by atoms with Gasteiger partial charge in [0.2, 0.25) is 5.91 Å². The molecule has 3 atom stereocenters. The third-order valence-corrected chi connectivity index (χ3v) is 11.6. The van der Waals surface area contributed by atoms with Gasteiger partial charge in [-0.05, 0) is 95.2 Å². The summed E-state index contributed by atoms with van der Waals surface area (Å²) in [6.07, 6.45) is 19.1. The van der Waals surface area contributed by atoms with E-state index in [2.05, 4.69) is 39.2 Å². The van der Waals surface area contributed by atoms with Crippen molar-refractivity contribution in [2.24, 2.45) is 5.92 Å². The molecule has 1 N–H and O–H groups in total. The van der Waals surface area contributed by atoms with Gasteiger partial charge in [0, 0.05) is 6.42 Å². The average molecular weight is 502 g/mol. The molecule has 1 aliphatic heterocycles. The van der Waals surface area contributed by atoms with Gasteiger partial charge in [-0.1, -0.05) is 32.5 Å². The molecule has 0 aromatic rings. The van der Waals surface area contributed by atoms with Crippen LogP contribution in [0.2, 0.25) is 18.1 Å². The van der Waals surface area contributed by atoms with Crippen LogP contribution in [0.4, 0.5) is 0 Å². The number of β-lactam (4-membered cyclic amide) rings is 1. The Morgan fingerprint density at radius 3 is 2.06 bits per heavy atom. The molecule has 2 saturated carbocycles. The van der Waals surface area contributed by atoms with E-state index < -0.39 is 8.32 Å². The Bertz CT molecular complexity index is 564. The van der Waals surface area contributed by atoms with Crippen molar-refractivity contribution in [2.45, 2.75) is 70.1 Å². The Kier molecular flexibility index (Phi) is 12.4. The van der Waals surface area contributed by atoms with Gasteiger partial charge in [-0.15, -0.1) is 0 Å². The third kappa shape index (κ3) is 9.15. The quantitative estimate of drug-likeness (QED) is 0.397. The van der Waals surface area contributed by atoms with Gasteiger partial charge in [0.1, 0.15) is 0 Å². The summed E-state index contributed by atoms with van der Waals surface area (Å²) in [7, 11) is -1.94. The standard InChI is InChI=1S/C19H30NO3SSi.C5H5.Fe/c1-13(23-25(5,6)19(2,3)4)16-17(22)20-18(16)24-15(21)12-11-14-9-7-8-10-14;1-2-4-5-3-1;/h7-10,13,16,18H,11-12H2,1-6H3,(H,20,22);1-5H;/q;;+2/t13-,16+,18-;;/m1../s1. The first-order valence-electron chi connectivity index (χ1n) is 10.6. The second-order valence-corrected chi connectivity index (χ2v) is 15.2. The van der Waals surface area contributed by atoms with Crippen LogP contribution >= 0.6 is 11.8 Å². The monoisotopic (exact) mass is 501 g/mol. The van der Waals surface area contributed by atoms with Crippen molar-refractivity contribution in [2.75, 3.05) is 0 Å². The van der Waals surface area contributed by atoms with E-state index in [0.717, 1.165) is 6.42 Å². The zero-order valence-electron chi connectivity index (χ0n) is 19.3. The zero-order chi connectivity index (χ0) is 22.4. The molecule has 10 radical (unpaired) electrons. The SMILES string of the molecule is C[C@@H](O[Si](C)(C)C(C)(C)C)[C@H]1C(=O)N[C@@H]1SC(=O)CC[C]1[CH][CH][CH][CH]1.[CH]1[CH][CH][CH][CH]1.[Fe+2]. The summed E-state index contributed by atoms with van der Waals surface area (Å²) in [5.41, 5.74) is 0. The maximum atomic E-state index is 12.2. The maximum Gasteiger partial charge on any atom is 2.00 e. The van der Waals surface area contributed by atoms with Gasteiger partial charge in [0.05, 0.1) is 17.4 Å². The average Bonchev–Trinajstić information content (AvgIpc) is 3.34. The molecule has 0 spiro atoms. The molecule has 0 aromatic carbocycles. The Balaban J connectivity index is 0.000000701. The molecule has 7 heteroatoms. The number of thioether (sulfide) groups is 1. The van der Waals surface area contributed by atoms with Crippen LogP contribution in [0.3, 0.4) is 0 Å². The van der Waals surface area contributed by atoms with Crippen molar-refractivity contribution >= 4 is 31.1 Å². The molecule has 0 bridgehead atoms. The third-order valence-electron chi connectivity index (χ3n) is 5.87. The van der Waals surface area contributed by atoms with Gasteiger partial charge >= 0.3 is 17.1 Å². The molecule has 1 saturated heterocycles. The van der Waals surface area contributed by atoms with Gasteiger partial charge in [-0.25, -0.2) is 0 Å². The van der Waals surface area contributed by atoms with Gasteiger partial charge in [-0.3, -0.25) is 9.59 Å². The fourth-order valence-corrected chi connectivity index (χ4v) is 5.59. The van der Waals surface area contributed by atoms with E-state index in [0.29, 0.717) is 6.42 Å². The Morgan fingerprint density at radius 1 is 1.10 bits per heavy atom. The minimum Gasteiger partial charge on any atom is -0.413 e. The van der Waals surface area contributed by atoms with Crippen LogP contribution in [0, 0.1) is 69.6 Å². The molecular weight excluding hydrogens is 466 g/mol. The smallest absolute Gasteiger partial charge is 0.413 e. The first-order chi connectivity index (χ1) is 14.0. The molecule has 3 aliphatic rings. The number of amides is 1. The Morgan fingerprint density at radius 2 is 1.61 bits per heavy atom. The summed E-state index contributed by atoms with van der Waals surface area (Å²) in [6.45, 7) is 12.9. The molecule has 3 fully saturated rings. The summed E-state index contributed by atoms with van der Waals surface area (Å²) in [5.74, 6) is 0.923. The van der Waals surface area contributed by atoms with Crippen molar-refractivity contribution in [1.29, 1.82) is 0 Å². The largest absolute Gasteiger partial charge is 2.00 e. The molecule has 0 unspecified atom stereocenters. The predicted molar refractivity (Wildman–Crippen MR) is 127 cm³/mol. The van der Waals surface area contributed by atoms with Crippen LogP contribution in [0.1, 0.15) is 40.5 Å². The van der Waals surface area contributed by atoms with Crippen LogP contribution in [0.5, 0.6) is 0 Å². The molecule has 1 heterocycles. The van der Waals surface area contributed by atoms with E-state index in [-0.39, 0.29) is 50.5 Å². The fraction of sp³-hybridized carbons (Fsp3) is 0.500. The molecule has 4 nitrogen and oxygen atoms in total. The van der Waals surface area contributed by atoms with E-state index in [1.165, 1.54) is 17.7 Å². The number of nitrogens with one attached hydrogen (secondary N) is 1. The van der Waals surface area contributed by atoms with E-state index in [1.54, 1.807) is 0 Å². The predicted octanol–water partition coefficient (Wildman–Crippen LogP) is 4.93. The van der Waals surface area contributed by atoms with Crippen molar-refractivity contribution in [3.63, 3.8) is 0 Å². The molecule has 2 aliphatic carbocycles. The van der Waals surface area contributed by atoms with Crippen LogP contribution in [-0.2, 0) is 31.1 Å². The molecular formula is C24H35FeNO3SSi+2. The van der Waals surface area contributed by atoms with Crippen LogP contribution < -0.4 is 5.32 Å². The molecule has 31 heavy (non-hydrogen) atoms. The second kappa shape index (κ2) is 13.2. The van der Waals surface area contributed by atoms with Crippen molar-refractivity contribution in [1.82, 2.24) is 5.32 Å². The molecule has 0 aromatic heterocycles. The van der Waals surface area contributed by atoms with Crippen LogP contribution in [-0.4, -0.2) is 30.8 Å². The molecule has 3 rings (SSSR count). The van der Waals surface area contributed by atoms with E-state index in [9.17, 15) is 9.59 Å². The normalized spacial score (nSPS) is 25.0. The van der Waals surface area contributed by atoms with Crippen molar-refractivity contribution in [3.05, 3.63) is 63.7 Å². The van der Waals surface area contributed by atoms with Crippen LogP contribution in [0.25, 0.3) is 0 Å². The summed E-state index contributed by atoms with van der Waals surface area (Å²) < 4.78 is 6.36. The Labute approximate surface area is 206 Å². The van der Waals surface area contributed by atoms with Gasteiger partial charge in [0.15, 0.2) is 13.4 Å². The number of rotatable bonds is 7. The summed E-state index contributed by atoms with van der Waals surface area (Å²) >= 11 is 1.25. The summed E-state index contributed by atoms with van der Waals surface area (Å²) in [5, 5.41) is 2.91. The van der Waals surface area contributed by atoms with E-state index >= 15 is 0 Å². The maximum absolute atomic E-state index is 12.2. The first-order valence-corrected chi connectivity index (χ1v) is 14.3. The number of carbonyl (C=O) groups excluding carboxylic acids is 2. The summed E-state index contributed by atoms with van der Waals surface area (Å²) in [6, 6.07) is 0. The second-order valence-electron chi connectivity index (χ2n) is 9.28. The first kappa shape index (κ1) is 29.2. The minimum atomic E-state index is -1.94. The van der Waals surface area contributed by atoms with Gasteiger partial charge < -0.3 is 9.74 Å². The molecule has 1 amide bonds. The van der Waals surface area contributed by atoms with Crippen molar-refractivity contribution < 1.29 is 31.1 Å². The zero-order valence-corrected chi connectivity index (χ0v) is 22.2. The summed E-state index contributed by atoms with van der Waals surface area (Å²) in [4.78, 5) is 24.3. The van der Waals surface area contributed by atoms with E-state index in [4.69, 9.17) is 4.43 Å². The van der Waals surface area contributed by atoms with Crippen LogP contribution in [0.15, 0.2) is 0 Å². The number of carbonyl (C=O) groups is 2. The van der Waals surface area contributed by atoms with Gasteiger partial charge in [-0.2, -0.15) is 0 Å². The molecule has 170 valence electrons. The van der Waals surface area contributed by atoms with Crippen molar-refractivity contribution in [3.8, 4) is 0 Å². The Hall–Kier alpha value is 0.186. The number of hydrogen-bond acceptors (Lipinski definition) is 4. The topological polar surface area (TPSA) is 55.4 Å². The minimum absolute atomic E-state index is 0. The van der Waals surface area contributed by atoms with E-state index in [1.807, 2.05) is 64.7 Å². The van der Waals surface area contributed by atoms with Gasteiger partial charge in [0.25, 0.3) is 0 Å².